The minimum absolute atomic E-state index is 0.0299. The second-order valence-corrected chi connectivity index (χ2v) is 5.38. The summed E-state index contributed by atoms with van der Waals surface area (Å²) in [6.45, 7) is 1.81. The fourth-order valence-corrected chi connectivity index (χ4v) is 2.55. The Hall–Kier alpha value is -1.92. The van der Waals surface area contributed by atoms with E-state index in [1.165, 1.54) is 0 Å². The van der Waals surface area contributed by atoms with Crippen LogP contribution in [-0.4, -0.2) is 33.0 Å². The maximum absolute atomic E-state index is 12.1. The number of fused-ring (bicyclic) bond motifs is 1. The largest absolute Gasteiger partial charge is 0.480 e. The van der Waals surface area contributed by atoms with Gasteiger partial charge in [-0.3, -0.25) is 9.59 Å². The molecule has 0 saturated carbocycles. The van der Waals surface area contributed by atoms with Gasteiger partial charge in [0.2, 0.25) is 5.12 Å². The smallest absolute Gasteiger partial charge is 0.321 e. The first-order chi connectivity index (χ1) is 9.49. The molecular formula is C14H14N2O3S. The molecule has 0 aliphatic carbocycles. The lowest BCUT2D eigenvalue weighted by Crippen LogP contribution is -2.32. The van der Waals surface area contributed by atoms with Crippen LogP contribution >= 0.6 is 11.8 Å². The van der Waals surface area contributed by atoms with E-state index in [-0.39, 0.29) is 10.9 Å². The standard InChI is InChI=1S/C14H14N2O3S/c1-8-6-9-4-2-3-5-11(9)16-12(8)14(19)20-7-10(15)13(17)18/h2-6,10H,7,15H2,1H3,(H,17,18). The SMILES string of the molecule is Cc1cc2ccccc2nc1C(=O)SCC(N)C(=O)O. The van der Waals surface area contributed by atoms with E-state index in [9.17, 15) is 9.59 Å². The van der Waals surface area contributed by atoms with Gasteiger partial charge in [-0.15, -0.1) is 0 Å². The summed E-state index contributed by atoms with van der Waals surface area (Å²) >= 11 is 0.881. The zero-order valence-electron chi connectivity index (χ0n) is 10.9. The molecule has 1 atom stereocenters. The molecule has 6 heteroatoms. The molecule has 0 amide bonds. The molecule has 1 aromatic carbocycles. The number of nitrogens with zero attached hydrogens (tertiary/aromatic N) is 1. The van der Waals surface area contributed by atoms with E-state index < -0.39 is 12.0 Å². The first kappa shape index (κ1) is 14.5. The molecule has 0 radical (unpaired) electrons. The molecule has 0 fully saturated rings. The van der Waals surface area contributed by atoms with Crippen LogP contribution in [0.4, 0.5) is 0 Å². The number of hydrogen-bond donors (Lipinski definition) is 2. The number of carbonyl (C=O) groups excluding carboxylic acids is 1. The van der Waals surface area contributed by atoms with Crippen LogP contribution in [-0.2, 0) is 4.79 Å². The summed E-state index contributed by atoms with van der Waals surface area (Å²) < 4.78 is 0. The van der Waals surface area contributed by atoms with E-state index in [0.717, 1.165) is 28.2 Å². The number of benzene rings is 1. The molecule has 2 rings (SSSR count). The van der Waals surface area contributed by atoms with Crippen molar-refractivity contribution in [3.05, 3.63) is 41.6 Å². The van der Waals surface area contributed by atoms with E-state index in [1.807, 2.05) is 37.3 Å². The number of thioether (sulfide) groups is 1. The van der Waals surface area contributed by atoms with Crippen molar-refractivity contribution in [1.82, 2.24) is 4.98 Å². The number of carboxylic acids is 1. The molecule has 2 aromatic rings. The molecule has 0 saturated heterocycles. The Labute approximate surface area is 120 Å². The molecule has 0 aliphatic rings. The average Bonchev–Trinajstić information content (AvgIpc) is 2.43. The number of carbonyl (C=O) groups is 2. The number of nitrogens with two attached hydrogens (primary N) is 1. The molecule has 0 bridgehead atoms. The second-order valence-electron chi connectivity index (χ2n) is 4.39. The van der Waals surface area contributed by atoms with Crippen molar-refractivity contribution >= 4 is 33.7 Å². The van der Waals surface area contributed by atoms with Crippen LogP contribution in [0.2, 0.25) is 0 Å². The van der Waals surface area contributed by atoms with Crippen molar-refractivity contribution in [3.63, 3.8) is 0 Å². The Morgan fingerprint density at radius 2 is 2.10 bits per heavy atom. The highest BCUT2D eigenvalue weighted by molar-refractivity contribution is 8.14. The predicted molar refractivity (Wildman–Crippen MR) is 78.9 cm³/mol. The summed E-state index contributed by atoms with van der Waals surface area (Å²) in [6.07, 6.45) is 0. The quantitative estimate of drug-likeness (QED) is 0.892. The summed E-state index contributed by atoms with van der Waals surface area (Å²) in [5.41, 5.74) is 7.24. The third-order valence-corrected chi connectivity index (χ3v) is 3.80. The van der Waals surface area contributed by atoms with E-state index in [0.29, 0.717) is 5.69 Å². The van der Waals surface area contributed by atoms with Crippen molar-refractivity contribution in [3.8, 4) is 0 Å². The summed E-state index contributed by atoms with van der Waals surface area (Å²) in [4.78, 5) is 27.1. The number of pyridine rings is 1. The Balaban J connectivity index is 2.21. The highest BCUT2D eigenvalue weighted by atomic mass is 32.2. The molecule has 20 heavy (non-hydrogen) atoms. The van der Waals surface area contributed by atoms with Gasteiger partial charge >= 0.3 is 5.97 Å². The zero-order valence-corrected chi connectivity index (χ0v) is 11.7. The van der Waals surface area contributed by atoms with Gasteiger partial charge < -0.3 is 10.8 Å². The highest BCUT2D eigenvalue weighted by Crippen LogP contribution is 2.20. The second kappa shape index (κ2) is 6.02. The summed E-state index contributed by atoms with van der Waals surface area (Å²) in [7, 11) is 0. The normalized spacial score (nSPS) is 12.3. The molecule has 1 heterocycles. The summed E-state index contributed by atoms with van der Waals surface area (Å²) in [5.74, 6) is -1.09. The minimum Gasteiger partial charge on any atom is -0.480 e. The van der Waals surface area contributed by atoms with Gasteiger partial charge in [-0.25, -0.2) is 4.98 Å². The summed E-state index contributed by atoms with van der Waals surface area (Å²) in [6, 6.07) is 8.37. The number of aromatic nitrogens is 1. The van der Waals surface area contributed by atoms with Gasteiger partial charge in [0.05, 0.1) is 5.52 Å². The first-order valence-corrected chi connectivity index (χ1v) is 6.99. The lowest BCUT2D eigenvalue weighted by atomic mass is 10.1. The molecule has 5 nitrogen and oxygen atoms in total. The van der Waals surface area contributed by atoms with Gasteiger partial charge in [0.1, 0.15) is 11.7 Å². The number of para-hydroxylation sites is 1. The maximum atomic E-state index is 12.1. The number of hydrogen-bond acceptors (Lipinski definition) is 5. The van der Waals surface area contributed by atoms with Crippen LogP contribution in [0.15, 0.2) is 30.3 Å². The fraction of sp³-hybridized carbons (Fsp3) is 0.214. The zero-order chi connectivity index (χ0) is 14.7. The van der Waals surface area contributed by atoms with Gasteiger partial charge in [-0.1, -0.05) is 30.0 Å². The van der Waals surface area contributed by atoms with Gasteiger partial charge in [0, 0.05) is 11.1 Å². The number of aryl methyl sites for hydroxylation is 1. The first-order valence-electron chi connectivity index (χ1n) is 6.01. The summed E-state index contributed by atoms with van der Waals surface area (Å²) in [5, 5.41) is 9.40. The topological polar surface area (TPSA) is 93.3 Å². The Bertz CT molecular complexity index is 673. The number of aliphatic carboxylic acids is 1. The predicted octanol–water partition coefficient (Wildman–Crippen LogP) is 1.83. The van der Waals surface area contributed by atoms with Crippen LogP contribution in [0.1, 0.15) is 16.1 Å². The van der Waals surface area contributed by atoms with E-state index >= 15 is 0 Å². The van der Waals surface area contributed by atoms with Crippen molar-refractivity contribution in [2.75, 3.05) is 5.75 Å². The van der Waals surface area contributed by atoms with Crippen molar-refractivity contribution in [1.29, 1.82) is 0 Å². The maximum Gasteiger partial charge on any atom is 0.321 e. The van der Waals surface area contributed by atoms with E-state index in [1.54, 1.807) is 0 Å². The van der Waals surface area contributed by atoms with Gasteiger partial charge in [0.25, 0.3) is 0 Å². The molecule has 104 valence electrons. The molecular weight excluding hydrogens is 276 g/mol. The van der Waals surface area contributed by atoms with Gasteiger partial charge in [-0.05, 0) is 24.6 Å². The third-order valence-electron chi connectivity index (χ3n) is 2.82. The molecule has 0 spiro atoms. The van der Waals surface area contributed by atoms with Gasteiger partial charge in [0.15, 0.2) is 0 Å². The van der Waals surface area contributed by atoms with E-state index in [2.05, 4.69) is 4.98 Å². The van der Waals surface area contributed by atoms with Crippen molar-refractivity contribution < 1.29 is 14.7 Å². The van der Waals surface area contributed by atoms with Crippen molar-refractivity contribution in [2.45, 2.75) is 13.0 Å². The Morgan fingerprint density at radius 3 is 2.80 bits per heavy atom. The van der Waals surface area contributed by atoms with Crippen LogP contribution < -0.4 is 5.73 Å². The van der Waals surface area contributed by atoms with Crippen LogP contribution in [0.5, 0.6) is 0 Å². The minimum atomic E-state index is -1.12. The monoisotopic (exact) mass is 290 g/mol. The molecule has 3 N–H and O–H groups in total. The Kier molecular flexibility index (Phi) is 4.36. The average molecular weight is 290 g/mol. The van der Waals surface area contributed by atoms with Crippen molar-refractivity contribution in [2.24, 2.45) is 5.73 Å². The fourth-order valence-electron chi connectivity index (χ4n) is 1.73. The van der Waals surface area contributed by atoms with Crippen LogP contribution in [0.3, 0.4) is 0 Å². The third kappa shape index (κ3) is 3.15. The Morgan fingerprint density at radius 1 is 1.40 bits per heavy atom. The van der Waals surface area contributed by atoms with Crippen LogP contribution in [0.25, 0.3) is 10.9 Å². The van der Waals surface area contributed by atoms with E-state index in [4.69, 9.17) is 10.8 Å². The molecule has 1 aromatic heterocycles. The number of carboxylic acid groups (broad SMARTS) is 1. The molecule has 1 unspecified atom stereocenters. The highest BCUT2D eigenvalue weighted by Gasteiger charge is 2.17. The van der Waals surface area contributed by atoms with Gasteiger partial charge in [-0.2, -0.15) is 0 Å². The molecule has 0 aliphatic heterocycles. The lowest BCUT2D eigenvalue weighted by molar-refractivity contribution is -0.137. The van der Waals surface area contributed by atoms with Crippen LogP contribution in [0, 0.1) is 6.92 Å². The lowest BCUT2D eigenvalue weighted by Gasteiger charge is -2.08. The number of rotatable bonds is 4.